The van der Waals surface area contributed by atoms with E-state index in [1.165, 1.54) is 29.8 Å². The summed E-state index contributed by atoms with van der Waals surface area (Å²) < 4.78 is 2.08. The van der Waals surface area contributed by atoms with E-state index in [1.807, 2.05) is 6.20 Å². The van der Waals surface area contributed by atoms with Gasteiger partial charge in [0.2, 0.25) is 11.8 Å². The molecule has 0 atom stereocenters. The molecule has 0 saturated carbocycles. The van der Waals surface area contributed by atoms with Gasteiger partial charge in [-0.25, -0.2) is 4.98 Å². The molecule has 2 aromatic carbocycles. The topological polar surface area (TPSA) is 76.0 Å². The summed E-state index contributed by atoms with van der Waals surface area (Å²) in [5, 5.41) is 6.37. The number of para-hydroxylation sites is 1. The zero-order chi connectivity index (χ0) is 21.5. The number of carbonyl (C=O) groups excluding carboxylic acids is 2. The molecule has 0 spiro atoms. The number of hydrogen-bond acceptors (Lipinski definition) is 4. The van der Waals surface area contributed by atoms with Gasteiger partial charge in [0, 0.05) is 30.7 Å². The highest BCUT2D eigenvalue weighted by Gasteiger charge is 2.14. The summed E-state index contributed by atoms with van der Waals surface area (Å²) in [5.74, 6) is -0.0504. The lowest BCUT2D eigenvalue weighted by atomic mass is 10.0. The Morgan fingerprint density at radius 1 is 1.00 bits per heavy atom. The van der Waals surface area contributed by atoms with Crippen LogP contribution >= 0.6 is 11.8 Å². The van der Waals surface area contributed by atoms with Gasteiger partial charge < -0.3 is 10.6 Å². The number of nitrogens with zero attached hydrogens (tertiary/aromatic N) is 2. The van der Waals surface area contributed by atoms with Gasteiger partial charge in [-0.05, 0) is 42.2 Å². The van der Waals surface area contributed by atoms with Crippen LogP contribution in [0.5, 0.6) is 0 Å². The van der Waals surface area contributed by atoms with Crippen molar-refractivity contribution in [2.75, 3.05) is 16.4 Å². The molecule has 0 aliphatic rings. The Kier molecular flexibility index (Phi) is 7.30. The predicted molar refractivity (Wildman–Crippen MR) is 122 cm³/mol. The largest absolute Gasteiger partial charge is 0.326 e. The van der Waals surface area contributed by atoms with Gasteiger partial charge in [0.25, 0.3) is 0 Å². The summed E-state index contributed by atoms with van der Waals surface area (Å²) in [6.07, 6.45) is 5.57. The summed E-state index contributed by atoms with van der Waals surface area (Å²) in [6.45, 7) is 5.74. The van der Waals surface area contributed by atoms with Crippen LogP contribution < -0.4 is 10.6 Å². The Balaban J connectivity index is 1.71. The van der Waals surface area contributed by atoms with E-state index >= 15 is 0 Å². The molecule has 0 saturated heterocycles. The van der Waals surface area contributed by atoms with Crippen LogP contribution in [0.3, 0.4) is 0 Å². The predicted octanol–water partition coefficient (Wildman–Crippen LogP) is 4.69. The number of thioether (sulfide) groups is 1. The highest BCUT2D eigenvalue weighted by molar-refractivity contribution is 7.99. The van der Waals surface area contributed by atoms with Crippen LogP contribution in [-0.2, 0) is 22.4 Å². The summed E-state index contributed by atoms with van der Waals surface area (Å²) in [6, 6.07) is 13.5. The van der Waals surface area contributed by atoms with Gasteiger partial charge in [-0.3, -0.25) is 14.2 Å². The molecule has 0 radical (unpaired) electrons. The number of aryl methyl sites for hydroxylation is 2. The lowest BCUT2D eigenvalue weighted by molar-refractivity contribution is -0.114. The first-order valence-electron chi connectivity index (χ1n) is 9.96. The molecule has 2 N–H and O–H groups in total. The van der Waals surface area contributed by atoms with E-state index in [0.29, 0.717) is 11.4 Å². The third-order valence-electron chi connectivity index (χ3n) is 4.61. The smallest absolute Gasteiger partial charge is 0.234 e. The van der Waals surface area contributed by atoms with Crippen molar-refractivity contribution < 1.29 is 9.59 Å². The van der Waals surface area contributed by atoms with Crippen LogP contribution in [0, 0.1) is 0 Å². The Bertz CT molecular complexity index is 1020. The Morgan fingerprint density at radius 2 is 1.63 bits per heavy atom. The number of carbonyl (C=O) groups is 2. The third kappa shape index (κ3) is 5.30. The normalized spacial score (nSPS) is 10.6. The summed E-state index contributed by atoms with van der Waals surface area (Å²) in [4.78, 5) is 28.2. The average molecular weight is 423 g/mol. The maximum Gasteiger partial charge on any atom is 0.234 e. The number of nitrogens with one attached hydrogen (secondary N) is 2. The number of amides is 2. The molecule has 156 valence electrons. The van der Waals surface area contributed by atoms with E-state index < -0.39 is 0 Å². The Hall–Kier alpha value is -3.06. The minimum Gasteiger partial charge on any atom is -0.326 e. The molecule has 2 amide bonds. The molecule has 0 aliphatic heterocycles. The SMILES string of the molecule is CCc1cccc(CC)c1-n1ccnc1SCC(=O)Nc1cccc(NC(C)=O)c1. The molecule has 1 aromatic heterocycles. The van der Waals surface area contributed by atoms with Gasteiger partial charge in [-0.1, -0.05) is 49.9 Å². The summed E-state index contributed by atoms with van der Waals surface area (Å²) >= 11 is 1.40. The van der Waals surface area contributed by atoms with Gasteiger partial charge in [-0.15, -0.1) is 0 Å². The first kappa shape index (κ1) is 21.6. The minimum absolute atomic E-state index is 0.131. The second-order valence-electron chi connectivity index (χ2n) is 6.81. The first-order valence-corrected chi connectivity index (χ1v) is 10.9. The van der Waals surface area contributed by atoms with Gasteiger partial charge >= 0.3 is 0 Å². The second-order valence-corrected chi connectivity index (χ2v) is 7.75. The highest BCUT2D eigenvalue weighted by atomic mass is 32.2. The van der Waals surface area contributed by atoms with Crippen molar-refractivity contribution in [2.45, 2.75) is 38.8 Å². The molecule has 0 unspecified atom stereocenters. The molecule has 0 aliphatic carbocycles. The monoisotopic (exact) mass is 422 g/mol. The van der Waals surface area contributed by atoms with Gasteiger partial charge in [0.15, 0.2) is 5.16 Å². The molecular weight excluding hydrogens is 396 g/mol. The number of benzene rings is 2. The number of anilines is 2. The first-order chi connectivity index (χ1) is 14.5. The lowest BCUT2D eigenvalue weighted by Crippen LogP contribution is -2.15. The molecule has 30 heavy (non-hydrogen) atoms. The van der Waals surface area contributed by atoms with Crippen molar-refractivity contribution in [1.29, 1.82) is 0 Å². The van der Waals surface area contributed by atoms with Crippen molar-refractivity contribution in [3.63, 3.8) is 0 Å². The van der Waals surface area contributed by atoms with Crippen molar-refractivity contribution >= 4 is 35.0 Å². The Morgan fingerprint density at radius 3 is 2.27 bits per heavy atom. The van der Waals surface area contributed by atoms with E-state index in [2.05, 4.69) is 52.2 Å². The number of aromatic nitrogens is 2. The Labute approximate surface area is 181 Å². The fourth-order valence-electron chi connectivity index (χ4n) is 3.30. The molecule has 1 heterocycles. The second kappa shape index (κ2) is 10.1. The van der Waals surface area contributed by atoms with E-state index in [9.17, 15) is 9.59 Å². The zero-order valence-electron chi connectivity index (χ0n) is 17.4. The van der Waals surface area contributed by atoms with E-state index in [0.717, 1.165) is 23.7 Å². The van der Waals surface area contributed by atoms with Crippen LogP contribution in [0.4, 0.5) is 11.4 Å². The van der Waals surface area contributed by atoms with Crippen LogP contribution in [-0.4, -0.2) is 27.1 Å². The number of rotatable bonds is 8. The summed E-state index contributed by atoms with van der Waals surface area (Å²) in [5.41, 5.74) is 4.96. The lowest BCUT2D eigenvalue weighted by Gasteiger charge is -2.16. The van der Waals surface area contributed by atoms with Crippen molar-refractivity contribution in [3.05, 3.63) is 66.0 Å². The fraction of sp³-hybridized carbons (Fsp3) is 0.261. The minimum atomic E-state index is -0.153. The van der Waals surface area contributed by atoms with Crippen molar-refractivity contribution in [1.82, 2.24) is 9.55 Å². The maximum atomic E-state index is 12.5. The maximum absolute atomic E-state index is 12.5. The van der Waals surface area contributed by atoms with Crippen LogP contribution in [0.2, 0.25) is 0 Å². The third-order valence-corrected chi connectivity index (χ3v) is 5.58. The molecule has 0 bridgehead atoms. The highest BCUT2D eigenvalue weighted by Crippen LogP contribution is 2.27. The van der Waals surface area contributed by atoms with Gasteiger partial charge in [0.05, 0.1) is 11.4 Å². The standard InChI is InChI=1S/C23H26N4O2S/c1-4-17-8-6-9-18(5-2)22(17)27-13-12-24-23(27)30-15-21(29)26-20-11-7-10-19(14-20)25-16(3)28/h6-14H,4-5,15H2,1-3H3,(H,25,28)(H,26,29). The van der Waals surface area contributed by atoms with Crippen molar-refractivity contribution in [2.24, 2.45) is 0 Å². The zero-order valence-corrected chi connectivity index (χ0v) is 18.3. The van der Waals surface area contributed by atoms with E-state index in [4.69, 9.17) is 0 Å². The fourth-order valence-corrected chi connectivity index (χ4v) is 4.06. The quantitative estimate of drug-likeness (QED) is 0.517. The van der Waals surface area contributed by atoms with Crippen molar-refractivity contribution in [3.8, 4) is 5.69 Å². The van der Waals surface area contributed by atoms with Crippen LogP contribution in [0.15, 0.2) is 60.0 Å². The number of imidazole rings is 1. The van der Waals surface area contributed by atoms with Gasteiger partial charge in [0.1, 0.15) is 0 Å². The van der Waals surface area contributed by atoms with Crippen LogP contribution in [0.25, 0.3) is 5.69 Å². The van der Waals surface area contributed by atoms with Crippen LogP contribution in [0.1, 0.15) is 31.9 Å². The molecule has 7 heteroatoms. The van der Waals surface area contributed by atoms with E-state index in [-0.39, 0.29) is 17.6 Å². The molecule has 3 aromatic rings. The summed E-state index contributed by atoms with van der Waals surface area (Å²) in [7, 11) is 0. The molecule has 0 fully saturated rings. The molecule has 3 rings (SSSR count). The molecular formula is C23H26N4O2S. The number of hydrogen-bond donors (Lipinski definition) is 2. The average Bonchev–Trinajstić information content (AvgIpc) is 3.19. The van der Waals surface area contributed by atoms with Gasteiger partial charge in [-0.2, -0.15) is 0 Å². The van der Waals surface area contributed by atoms with E-state index in [1.54, 1.807) is 30.5 Å². The molecule has 6 nitrogen and oxygen atoms in total.